The van der Waals surface area contributed by atoms with Crippen molar-refractivity contribution in [3.8, 4) is 0 Å². The predicted molar refractivity (Wildman–Crippen MR) is 74.9 cm³/mol. The van der Waals surface area contributed by atoms with Gasteiger partial charge in [-0.25, -0.2) is 0 Å². The van der Waals surface area contributed by atoms with E-state index in [1.807, 2.05) is 24.3 Å². The molecule has 0 aromatic heterocycles. The van der Waals surface area contributed by atoms with Gasteiger partial charge in [0.25, 0.3) is 0 Å². The highest BCUT2D eigenvalue weighted by Crippen LogP contribution is 2.23. The summed E-state index contributed by atoms with van der Waals surface area (Å²) in [6.45, 7) is 0. The zero-order valence-electron chi connectivity index (χ0n) is 9.01. The lowest BCUT2D eigenvalue weighted by atomic mass is 10.0. The Kier molecular flexibility index (Phi) is 3.91. The van der Waals surface area contributed by atoms with Gasteiger partial charge in [-0.05, 0) is 28.7 Å². The van der Waals surface area contributed by atoms with Gasteiger partial charge in [0.1, 0.15) is 6.10 Å². The number of carbonyl (C=O) groups excluding carboxylic acids is 1. The van der Waals surface area contributed by atoms with Crippen LogP contribution in [0.1, 0.15) is 22.0 Å². The Morgan fingerprint density at radius 2 is 1.59 bits per heavy atom. The number of benzene rings is 2. The number of aliphatic hydroxyl groups excluding tert-OH is 1. The van der Waals surface area contributed by atoms with E-state index >= 15 is 0 Å². The average molecular weight is 338 g/mol. The highest BCUT2D eigenvalue weighted by atomic mass is 127. The second kappa shape index (κ2) is 5.42. The molecule has 17 heavy (non-hydrogen) atoms. The fourth-order valence-electron chi connectivity index (χ4n) is 1.60. The number of hydrogen-bond donors (Lipinski definition) is 1. The van der Waals surface area contributed by atoms with Crippen molar-refractivity contribution in [2.24, 2.45) is 0 Å². The molecule has 2 nitrogen and oxygen atoms in total. The summed E-state index contributed by atoms with van der Waals surface area (Å²) in [7, 11) is 0. The SMILES string of the molecule is O=C(c1ccccc1)C(O)c1ccccc1I. The van der Waals surface area contributed by atoms with E-state index in [4.69, 9.17) is 0 Å². The lowest BCUT2D eigenvalue weighted by Gasteiger charge is -2.11. The molecule has 2 aromatic carbocycles. The Morgan fingerprint density at radius 3 is 2.24 bits per heavy atom. The van der Waals surface area contributed by atoms with Crippen LogP contribution in [-0.2, 0) is 0 Å². The first-order valence-electron chi connectivity index (χ1n) is 5.22. The number of aliphatic hydroxyl groups is 1. The number of halogens is 1. The lowest BCUT2D eigenvalue weighted by molar-refractivity contribution is 0.0746. The largest absolute Gasteiger partial charge is 0.380 e. The highest BCUT2D eigenvalue weighted by molar-refractivity contribution is 14.1. The van der Waals surface area contributed by atoms with Gasteiger partial charge in [-0.15, -0.1) is 0 Å². The van der Waals surface area contributed by atoms with Crippen molar-refractivity contribution in [3.63, 3.8) is 0 Å². The van der Waals surface area contributed by atoms with E-state index in [0.717, 1.165) is 3.57 Å². The Morgan fingerprint density at radius 1 is 1.00 bits per heavy atom. The van der Waals surface area contributed by atoms with Crippen LogP contribution in [-0.4, -0.2) is 10.9 Å². The summed E-state index contributed by atoms with van der Waals surface area (Å²) in [5.41, 5.74) is 1.18. The normalized spacial score (nSPS) is 12.1. The Bertz CT molecular complexity index is 523. The fourth-order valence-corrected chi connectivity index (χ4v) is 2.28. The maximum absolute atomic E-state index is 12.0. The highest BCUT2D eigenvalue weighted by Gasteiger charge is 2.20. The van der Waals surface area contributed by atoms with Crippen molar-refractivity contribution in [1.82, 2.24) is 0 Å². The van der Waals surface area contributed by atoms with Crippen LogP contribution < -0.4 is 0 Å². The maximum atomic E-state index is 12.0. The minimum Gasteiger partial charge on any atom is -0.380 e. The van der Waals surface area contributed by atoms with Crippen LogP contribution in [0.5, 0.6) is 0 Å². The van der Waals surface area contributed by atoms with Crippen molar-refractivity contribution in [2.45, 2.75) is 6.10 Å². The summed E-state index contributed by atoms with van der Waals surface area (Å²) in [5.74, 6) is -0.269. The molecule has 0 fully saturated rings. The van der Waals surface area contributed by atoms with Gasteiger partial charge in [0.2, 0.25) is 0 Å². The minimum atomic E-state index is -1.09. The zero-order valence-corrected chi connectivity index (χ0v) is 11.2. The molecule has 2 aromatic rings. The molecule has 0 aliphatic rings. The number of carbonyl (C=O) groups is 1. The number of rotatable bonds is 3. The minimum absolute atomic E-state index is 0.269. The Labute approximate surface area is 113 Å². The third kappa shape index (κ3) is 2.73. The Balaban J connectivity index is 2.30. The zero-order chi connectivity index (χ0) is 12.3. The van der Waals surface area contributed by atoms with Gasteiger partial charge in [0.05, 0.1) is 0 Å². The van der Waals surface area contributed by atoms with E-state index < -0.39 is 6.10 Å². The molecule has 0 aliphatic heterocycles. The summed E-state index contributed by atoms with van der Waals surface area (Å²) in [5, 5.41) is 10.1. The summed E-state index contributed by atoms with van der Waals surface area (Å²) < 4.78 is 0.891. The molecular weight excluding hydrogens is 327 g/mol. The molecule has 0 heterocycles. The van der Waals surface area contributed by atoms with Crippen molar-refractivity contribution in [2.75, 3.05) is 0 Å². The molecule has 0 aliphatic carbocycles. The van der Waals surface area contributed by atoms with Crippen LogP contribution in [0.15, 0.2) is 54.6 Å². The van der Waals surface area contributed by atoms with Crippen molar-refractivity contribution >= 4 is 28.4 Å². The summed E-state index contributed by atoms with van der Waals surface area (Å²) in [4.78, 5) is 12.0. The van der Waals surface area contributed by atoms with Crippen LogP contribution >= 0.6 is 22.6 Å². The van der Waals surface area contributed by atoms with Crippen molar-refractivity contribution in [3.05, 3.63) is 69.3 Å². The molecule has 1 unspecified atom stereocenters. The molecule has 0 bridgehead atoms. The topological polar surface area (TPSA) is 37.3 Å². The summed E-state index contributed by atoms with van der Waals surface area (Å²) in [6.07, 6.45) is -1.09. The summed E-state index contributed by atoms with van der Waals surface area (Å²) in [6, 6.07) is 16.2. The predicted octanol–water partition coefficient (Wildman–Crippen LogP) is 3.21. The van der Waals surface area contributed by atoms with E-state index in [9.17, 15) is 9.90 Å². The average Bonchev–Trinajstić information content (AvgIpc) is 2.39. The van der Waals surface area contributed by atoms with Crippen LogP contribution in [0.4, 0.5) is 0 Å². The third-order valence-corrected chi connectivity index (χ3v) is 3.49. The van der Waals surface area contributed by atoms with Crippen LogP contribution in [0.2, 0.25) is 0 Å². The van der Waals surface area contributed by atoms with E-state index in [1.54, 1.807) is 30.3 Å². The van der Waals surface area contributed by atoms with Crippen LogP contribution in [0, 0.1) is 3.57 Å². The second-order valence-corrected chi connectivity index (χ2v) is 4.82. The van der Waals surface area contributed by atoms with Crippen molar-refractivity contribution in [1.29, 1.82) is 0 Å². The number of Topliss-reactive ketones (excluding diaryl/α,β-unsaturated/α-hetero) is 1. The summed E-state index contributed by atoms with van der Waals surface area (Å²) >= 11 is 2.12. The Hall–Kier alpha value is -1.20. The quantitative estimate of drug-likeness (QED) is 0.689. The van der Waals surface area contributed by atoms with E-state index in [-0.39, 0.29) is 5.78 Å². The van der Waals surface area contributed by atoms with Gasteiger partial charge in [-0.1, -0.05) is 48.5 Å². The molecule has 0 saturated carbocycles. The first-order chi connectivity index (χ1) is 8.20. The van der Waals surface area contributed by atoms with Crippen LogP contribution in [0.25, 0.3) is 0 Å². The fraction of sp³-hybridized carbons (Fsp3) is 0.0714. The molecule has 0 amide bonds. The third-order valence-electron chi connectivity index (χ3n) is 2.51. The number of ketones is 1. The molecule has 1 atom stereocenters. The smallest absolute Gasteiger partial charge is 0.195 e. The second-order valence-electron chi connectivity index (χ2n) is 3.65. The molecule has 0 radical (unpaired) electrons. The van der Waals surface area contributed by atoms with Gasteiger partial charge in [0, 0.05) is 14.7 Å². The van der Waals surface area contributed by atoms with Gasteiger partial charge in [0.15, 0.2) is 5.78 Å². The van der Waals surface area contributed by atoms with Gasteiger partial charge in [-0.3, -0.25) is 4.79 Å². The van der Waals surface area contributed by atoms with E-state index in [1.165, 1.54) is 0 Å². The van der Waals surface area contributed by atoms with E-state index in [2.05, 4.69) is 22.6 Å². The molecule has 1 N–H and O–H groups in total. The van der Waals surface area contributed by atoms with Crippen LogP contribution in [0.3, 0.4) is 0 Å². The molecule has 0 spiro atoms. The van der Waals surface area contributed by atoms with Gasteiger partial charge >= 0.3 is 0 Å². The van der Waals surface area contributed by atoms with E-state index in [0.29, 0.717) is 11.1 Å². The first-order valence-corrected chi connectivity index (χ1v) is 6.30. The number of hydrogen-bond acceptors (Lipinski definition) is 2. The van der Waals surface area contributed by atoms with Gasteiger partial charge < -0.3 is 5.11 Å². The maximum Gasteiger partial charge on any atom is 0.195 e. The lowest BCUT2D eigenvalue weighted by Crippen LogP contribution is -2.13. The first kappa shape index (κ1) is 12.3. The molecular formula is C14H11IO2. The molecule has 86 valence electrons. The molecule has 3 heteroatoms. The monoisotopic (exact) mass is 338 g/mol. The molecule has 0 saturated heterocycles. The van der Waals surface area contributed by atoms with Gasteiger partial charge in [-0.2, -0.15) is 0 Å². The molecule has 2 rings (SSSR count). The standard InChI is InChI=1S/C14H11IO2/c15-12-9-5-4-8-11(12)14(17)13(16)10-6-2-1-3-7-10/h1-9,14,17H. The van der Waals surface area contributed by atoms with Crippen molar-refractivity contribution < 1.29 is 9.90 Å².